The van der Waals surface area contributed by atoms with Gasteiger partial charge in [0, 0.05) is 16.1 Å². The first-order chi connectivity index (χ1) is 11.7. The number of ketones is 1. The van der Waals surface area contributed by atoms with Crippen molar-refractivity contribution in [2.75, 3.05) is 5.75 Å². The minimum Gasteiger partial charge on any atom is -0.298 e. The number of hydrogen-bond acceptors (Lipinski definition) is 2. The Bertz CT molecular complexity index is 694. The van der Waals surface area contributed by atoms with Crippen molar-refractivity contribution in [2.24, 2.45) is 5.41 Å². The number of carbonyl (C=O) groups is 1. The van der Waals surface area contributed by atoms with E-state index in [1.54, 1.807) is 0 Å². The lowest BCUT2D eigenvalue weighted by Gasteiger charge is -2.32. The maximum atomic E-state index is 13.8. The Morgan fingerprint density at radius 2 is 1.75 bits per heavy atom. The molecule has 0 N–H and O–H groups in total. The lowest BCUT2D eigenvalue weighted by atomic mass is 9.70. The standard InChI is InChI=1S/C22H26OS/c1-3-5-15-22(4-2)16-24-19-14-10-9-13-18(19)20(21(22)23)17-11-7-6-8-12-17/h6-14,20H,3-5,15-16H2,1-2H3/t20-,22-/m1/s1. The van der Waals surface area contributed by atoms with Gasteiger partial charge in [-0.25, -0.2) is 0 Å². The van der Waals surface area contributed by atoms with E-state index in [1.807, 2.05) is 30.0 Å². The second-order valence-corrected chi connectivity index (χ2v) is 7.79. The van der Waals surface area contributed by atoms with Gasteiger partial charge in [-0.15, -0.1) is 11.8 Å². The second-order valence-electron chi connectivity index (χ2n) is 6.77. The van der Waals surface area contributed by atoms with Crippen molar-refractivity contribution >= 4 is 17.5 Å². The molecule has 0 bridgehead atoms. The van der Waals surface area contributed by atoms with Crippen LogP contribution in [0, 0.1) is 5.41 Å². The average molecular weight is 339 g/mol. The number of carbonyl (C=O) groups excluding carboxylic acids is 1. The van der Waals surface area contributed by atoms with Crippen molar-refractivity contribution in [1.29, 1.82) is 0 Å². The average Bonchev–Trinajstić information content (AvgIpc) is 2.76. The first-order valence-corrected chi connectivity index (χ1v) is 10.0. The van der Waals surface area contributed by atoms with Crippen molar-refractivity contribution in [2.45, 2.75) is 50.3 Å². The Hall–Kier alpha value is -1.54. The number of hydrogen-bond donors (Lipinski definition) is 0. The highest BCUT2D eigenvalue weighted by atomic mass is 32.2. The van der Waals surface area contributed by atoms with E-state index in [-0.39, 0.29) is 11.3 Å². The molecule has 1 nitrogen and oxygen atoms in total. The van der Waals surface area contributed by atoms with E-state index in [0.717, 1.165) is 37.0 Å². The molecule has 0 spiro atoms. The molecule has 1 aliphatic rings. The van der Waals surface area contributed by atoms with Crippen molar-refractivity contribution < 1.29 is 4.79 Å². The van der Waals surface area contributed by atoms with Crippen molar-refractivity contribution in [3.05, 3.63) is 65.7 Å². The van der Waals surface area contributed by atoms with Crippen LogP contribution in [-0.2, 0) is 4.79 Å². The van der Waals surface area contributed by atoms with Crippen LogP contribution in [0.15, 0.2) is 59.5 Å². The Morgan fingerprint density at radius 3 is 2.46 bits per heavy atom. The fourth-order valence-electron chi connectivity index (χ4n) is 3.72. The smallest absolute Gasteiger partial charge is 0.151 e. The molecule has 1 heterocycles. The van der Waals surface area contributed by atoms with Crippen LogP contribution >= 0.6 is 11.8 Å². The minimum absolute atomic E-state index is 0.130. The maximum Gasteiger partial charge on any atom is 0.151 e. The van der Waals surface area contributed by atoms with Crippen LogP contribution in [0.5, 0.6) is 0 Å². The SMILES string of the molecule is CCCC[C@]1(CC)CSc2ccccc2[C@@H](c2ccccc2)C1=O. The van der Waals surface area contributed by atoms with Crippen LogP contribution in [0.4, 0.5) is 0 Å². The van der Waals surface area contributed by atoms with Crippen LogP contribution in [0.25, 0.3) is 0 Å². The summed E-state index contributed by atoms with van der Waals surface area (Å²) in [5.74, 6) is 1.19. The summed E-state index contributed by atoms with van der Waals surface area (Å²) in [6.45, 7) is 4.40. The zero-order chi connectivity index (χ0) is 17.0. The van der Waals surface area contributed by atoms with Gasteiger partial charge in [0.1, 0.15) is 0 Å². The summed E-state index contributed by atoms with van der Waals surface area (Å²) in [5.41, 5.74) is 2.11. The Kier molecular flexibility index (Phi) is 5.45. The lowest BCUT2D eigenvalue weighted by molar-refractivity contribution is -0.128. The molecule has 2 aromatic carbocycles. The van der Waals surface area contributed by atoms with Gasteiger partial charge in [0.2, 0.25) is 0 Å². The predicted octanol–water partition coefficient (Wildman–Crippen LogP) is 6.08. The number of benzene rings is 2. The van der Waals surface area contributed by atoms with Gasteiger partial charge >= 0.3 is 0 Å². The highest BCUT2D eigenvalue weighted by Gasteiger charge is 2.43. The largest absolute Gasteiger partial charge is 0.298 e. The minimum atomic E-state index is -0.208. The van der Waals surface area contributed by atoms with Crippen molar-refractivity contribution in [3.8, 4) is 0 Å². The summed E-state index contributed by atoms with van der Waals surface area (Å²) in [5, 5.41) is 0. The molecule has 2 atom stereocenters. The fourth-order valence-corrected chi connectivity index (χ4v) is 5.17. The Balaban J connectivity index is 2.11. The molecular formula is C22H26OS. The first-order valence-electron chi connectivity index (χ1n) is 9.03. The van der Waals surface area contributed by atoms with Gasteiger partial charge in [-0.3, -0.25) is 4.79 Å². The number of fused-ring (bicyclic) bond motifs is 1. The quantitative estimate of drug-likeness (QED) is 0.657. The molecule has 0 fully saturated rings. The van der Waals surface area contributed by atoms with Gasteiger partial charge in [0.25, 0.3) is 0 Å². The van der Waals surface area contributed by atoms with Crippen LogP contribution < -0.4 is 0 Å². The topological polar surface area (TPSA) is 17.1 Å². The third kappa shape index (κ3) is 3.17. The van der Waals surface area contributed by atoms with Gasteiger partial charge in [-0.2, -0.15) is 0 Å². The molecule has 3 rings (SSSR count). The highest BCUT2D eigenvalue weighted by Crippen LogP contribution is 2.47. The molecule has 0 amide bonds. The number of thioether (sulfide) groups is 1. The fraction of sp³-hybridized carbons (Fsp3) is 0.409. The molecule has 0 radical (unpaired) electrons. The van der Waals surface area contributed by atoms with Crippen molar-refractivity contribution in [1.82, 2.24) is 0 Å². The summed E-state index contributed by atoms with van der Waals surface area (Å²) >= 11 is 1.87. The second kappa shape index (κ2) is 7.57. The van der Waals surface area contributed by atoms with E-state index in [0.29, 0.717) is 5.78 Å². The van der Waals surface area contributed by atoms with Crippen LogP contribution in [-0.4, -0.2) is 11.5 Å². The van der Waals surface area contributed by atoms with Gasteiger partial charge in [-0.05, 0) is 30.0 Å². The summed E-state index contributed by atoms with van der Waals surface area (Å²) in [6, 6.07) is 18.8. The third-order valence-corrected chi connectivity index (χ3v) is 6.72. The predicted molar refractivity (Wildman–Crippen MR) is 103 cm³/mol. The molecule has 2 aromatic rings. The van der Waals surface area contributed by atoms with Crippen molar-refractivity contribution in [3.63, 3.8) is 0 Å². The monoisotopic (exact) mass is 338 g/mol. The lowest BCUT2D eigenvalue weighted by Crippen LogP contribution is -2.36. The Labute approximate surface area is 149 Å². The number of unbranched alkanes of at least 4 members (excludes halogenated alkanes) is 1. The van der Waals surface area contributed by atoms with Gasteiger partial charge in [0.05, 0.1) is 5.92 Å². The highest BCUT2D eigenvalue weighted by molar-refractivity contribution is 7.99. The van der Waals surface area contributed by atoms with E-state index >= 15 is 0 Å². The molecule has 2 heteroatoms. The van der Waals surface area contributed by atoms with Crippen LogP contribution in [0.2, 0.25) is 0 Å². The summed E-state index contributed by atoms with van der Waals surface area (Å²) < 4.78 is 0. The molecular weight excluding hydrogens is 312 g/mol. The van der Waals surface area contributed by atoms with Crippen LogP contribution in [0.1, 0.15) is 56.6 Å². The zero-order valence-electron chi connectivity index (χ0n) is 14.6. The third-order valence-electron chi connectivity index (χ3n) is 5.34. The summed E-state index contributed by atoms with van der Waals surface area (Å²) in [4.78, 5) is 15.0. The first kappa shape index (κ1) is 17.3. The van der Waals surface area contributed by atoms with Gasteiger partial charge < -0.3 is 0 Å². The van der Waals surface area contributed by atoms with E-state index in [9.17, 15) is 4.79 Å². The number of Topliss-reactive ketones (excluding diaryl/α,β-unsaturated/α-hetero) is 1. The molecule has 0 saturated heterocycles. The summed E-state index contributed by atoms with van der Waals surface area (Å²) in [6.07, 6.45) is 4.19. The Morgan fingerprint density at radius 1 is 1.04 bits per heavy atom. The van der Waals surface area contributed by atoms with E-state index < -0.39 is 0 Å². The molecule has 0 aromatic heterocycles. The summed E-state index contributed by atoms with van der Waals surface area (Å²) in [7, 11) is 0. The van der Waals surface area contributed by atoms with Gasteiger partial charge in [-0.1, -0.05) is 75.2 Å². The zero-order valence-corrected chi connectivity index (χ0v) is 15.4. The normalized spacial score (nSPS) is 23.6. The van der Waals surface area contributed by atoms with E-state index in [1.165, 1.54) is 10.5 Å². The number of rotatable bonds is 5. The molecule has 0 saturated carbocycles. The molecule has 1 aliphatic heterocycles. The molecule has 24 heavy (non-hydrogen) atoms. The molecule has 0 unspecified atom stereocenters. The molecule has 0 aliphatic carbocycles. The van der Waals surface area contributed by atoms with E-state index in [4.69, 9.17) is 0 Å². The van der Waals surface area contributed by atoms with Crippen LogP contribution in [0.3, 0.4) is 0 Å². The maximum absolute atomic E-state index is 13.8. The molecule has 126 valence electrons. The van der Waals surface area contributed by atoms with E-state index in [2.05, 4.69) is 50.2 Å². The van der Waals surface area contributed by atoms with Gasteiger partial charge in [0.15, 0.2) is 5.78 Å².